The van der Waals surface area contributed by atoms with Gasteiger partial charge in [-0.3, -0.25) is 10.2 Å². The van der Waals surface area contributed by atoms with Crippen LogP contribution in [0.25, 0.3) is 0 Å². The van der Waals surface area contributed by atoms with Gasteiger partial charge in [-0.05, 0) is 6.07 Å². The smallest absolute Gasteiger partial charge is 0.268 e. The second-order valence-corrected chi connectivity index (χ2v) is 3.52. The van der Waals surface area contributed by atoms with E-state index in [4.69, 9.17) is 20.8 Å². The van der Waals surface area contributed by atoms with Gasteiger partial charge in [0.15, 0.2) is 11.4 Å². The Balaban J connectivity index is 2.36. The molecule has 19 heavy (non-hydrogen) atoms. The van der Waals surface area contributed by atoms with Gasteiger partial charge >= 0.3 is 0 Å². The van der Waals surface area contributed by atoms with Gasteiger partial charge in [-0.25, -0.2) is 10.8 Å². The van der Waals surface area contributed by atoms with E-state index in [1.165, 1.54) is 23.2 Å². The van der Waals surface area contributed by atoms with E-state index in [-0.39, 0.29) is 23.5 Å². The molecule has 8 nitrogen and oxygen atoms in total. The second kappa shape index (κ2) is 5.04. The fraction of sp³-hybridized carbons (Fsp3) is 0.0909. The molecule has 0 unspecified atom stereocenters. The van der Waals surface area contributed by atoms with Gasteiger partial charge in [0.05, 0.1) is 24.7 Å². The number of amides is 1. The molecule has 3 N–H and O–H groups in total. The van der Waals surface area contributed by atoms with Crippen LogP contribution in [0.5, 0.6) is 0 Å². The Hall–Kier alpha value is -3.10. The largest absolute Gasteiger partial charge is 0.467 e. The van der Waals surface area contributed by atoms with Crippen molar-refractivity contribution in [2.75, 3.05) is 0 Å². The summed E-state index contributed by atoms with van der Waals surface area (Å²) >= 11 is 0. The minimum Gasteiger partial charge on any atom is -0.467 e. The first-order chi connectivity index (χ1) is 9.21. The number of furan rings is 1. The monoisotopic (exact) mass is 256 g/mol. The van der Waals surface area contributed by atoms with Crippen molar-refractivity contribution < 1.29 is 9.21 Å². The summed E-state index contributed by atoms with van der Waals surface area (Å²) < 4.78 is 6.60. The normalized spacial score (nSPS) is 9.63. The van der Waals surface area contributed by atoms with E-state index in [1.54, 1.807) is 0 Å². The molecule has 2 aromatic heterocycles. The van der Waals surface area contributed by atoms with Crippen molar-refractivity contribution in [1.82, 2.24) is 15.0 Å². The van der Waals surface area contributed by atoms with Crippen LogP contribution in [0, 0.1) is 22.7 Å². The second-order valence-electron chi connectivity index (χ2n) is 3.52. The van der Waals surface area contributed by atoms with Crippen molar-refractivity contribution in [3.05, 3.63) is 41.4 Å². The fourth-order valence-corrected chi connectivity index (χ4v) is 1.60. The zero-order valence-electron chi connectivity index (χ0n) is 9.62. The summed E-state index contributed by atoms with van der Waals surface area (Å²) in [4.78, 5) is 15.3. The molecule has 0 aliphatic rings. The molecule has 0 bridgehead atoms. The Bertz CT molecular complexity index is 700. The van der Waals surface area contributed by atoms with Gasteiger partial charge in [0.25, 0.3) is 5.91 Å². The highest BCUT2D eigenvalue weighted by Gasteiger charge is 2.17. The quantitative estimate of drug-likeness (QED) is 0.446. The molecule has 94 valence electrons. The first kappa shape index (κ1) is 12.4. The molecule has 0 spiro atoms. The average molecular weight is 256 g/mol. The van der Waals surface area contributed by atoms with Crippen LogP contribution in [-0.2, 0) is 6.54 Å². The lowest BCUT2D eigenvalue weighted by atomic mass is 10.2. The van der Waals surface area contributed by atoms with Gasteiger partial charge in [0, 0.05) is 0 Å². The average Bonchev–Trinajstić information content (AvgIpc) is 3.04. The molecular weight excluding hydrogens is 248 g/mol. The zero-order chi connectivity index (χ0) is 13.8. The number of imidazole rings is 1. The van der Waals surface area contributed by atoms with Crippen LogP contribution in [0.15, 0.2) is 23.1 Å². The van der Waals surface area contributed by atoms with Crippen LogP contribution in [0.1, 0.15) is 27.5 Å². The molecule has 0 saturated carbocycles. The molecule has 0 aliphatic heterocycles. The minimum atomic E-state index is -0.497. The summed E-state index contributed by atoms with van der Waals surface area (Å²) in [6.07, 6.45) is 2.68. The Morgan fingerprint density at radius 1 is 1.53 bits per heavy atom. The summed E-state index contributed by atoms with van der Waals surface area (Å²) in [6.45, 7) is 0.104. The van der Waals surface area contributed by atoms with Crippen LogP contribution in [0.2, 0.25) is 0 Å². The van der Waals surface area contributed by atoms with E-state index in [0.29, 0.717) is 5.76 Å². The highest BCUT2D eigenvalue weighted by atomic mass is 16.3. The lowest BCUT2D eigenvalue weighted by Crippen LogP contribution is -2.30. The third kappa shape index (κ3) is 2.16. The number of hydrazine groups is 1. The predicted octanol–water partition coefficient (Wildman–Crippen LogP) is -0.129. The number of nitrogens with zero attached hydrogens (tertiary/aromatic N) is 4. The molecule has 2 rings (SSSR count). The maximum atomic E-state index is 11.5. The van der Waals surface area contributed by atoms with Crippen LogP contribution in [-0.4, -0.2) is 15.5 Å². The molecule has 0 aliphatic carbocycles. The highest BCUT2D eigenvalue weighted by Crippen LogP contribution is 2.14. The lowest BCUT2D eigenvalue weighted by molar-refractivity contribution is 0.0951. The van der Waals surface area contributed by atoms with Crippen LogP contribution in [0.4, 0.5) is 0 Å². The van der Waals surface area contributed by atoms with E-state index in [0.717, 1.165) is 0 Å². The number of nitrogens with one attached hydrogen (secondary N) is 1. The summed E-state index contributed by atoms with van der Waals surface area (Å²) in [6, 6.07) is 5.16. The molecule has 0 aromatic carbocycles. The van der Waals surface area contributed by atoms with Gasteiger partial charge < -0.3 is 8.98 Å². The fourth-order valence-electron chi connectivity index (χ4n) is 1.60. The maximum Gasteiger partial charge on any atom is 0.268 e. The molecule has 0 radical (unpaired) electrons. The molecule has 2 heterocycles. The summed E-state index contributed by atoms with van der Waals surface area (Å²) in [5, 5.41) is 17.8. The Morgan fingerprint density at radius 2 is 2.32 bits per heavy atom. The minimum absolute atomic E-state index is 0.0267. The van der Waals surface area contributed by atoms with Crippen LogP contribution in [0.3, 0.4) is 0 Å². The highest BCUT2D eigenvalue weighted by molar-refractivity contribution is 5.94. The molecule has 2 aromatic rings. The third-order valence-electron chi connectivity index (χ3n) is 2.48. The third-order valence-corrected chi connectivity index (χ3v) is 2.48. The lowest BCUT2D eigenvalue weighted by Gasteiger charge is -2.03. The maximum absolute atomic E-state index is 11.5. The Kier molecular flexibility index (Phi) is 3.28. The number of nitriles is 2. The van der Waals surface area contributed by atoms with E-state index in [9.17, 15) is 4.79 Å². The van der Waals surface area contributed by atoms with Crippen molar-refractivity contribution in [2.45, 2.75) is 6.54 Å². The van der Waals surface area contributed by atoms with Gasteiger partial charge in [-0.2, -0.15) is 10.5 Å². The molecule has 8 heteroatoms. The van der Waals surface area contributed by atoms with E-state index in [2.05, 4.69) is 4.98 Å². The number of aromatic nitrogens is 2. The van der Waals surface area contributed by atoms with Gasteiger partial charge in [-0.15, -0.1) is 0 Å². The number of nitrogens with two attached hydrogens (primary N) is 1. The van der Waals surface area contributed by atoms with Crippen molar-refractivity contribution in [1.29, 1.82) is 10.5 Å². The molecule has 0 saturated heterocycles. The topological polar surface area (TPSA) is 134 Å². The number of carbonyl (C=O) groups excluding carboxylic acids is 1. The molecule has 0 fully saturated rings. The van der Waals surface area contributed by atoms with Crippen LogP contribution >= 0.6 is 0 Å². The SMILES string of the molecule is N#Cc1ncn(Cc2occc2C(=O)NN)c1C#N. The summed E-state index contributed by atoms with van der Waals surface area (Å²) in [5.74, 6) is 4.87. The van der Waals surface area contributed by atoms with Crippen LogP contribution < -0.4 is 11.3 Å². The van der Waals surface area contributed by atoms with E-state index >= 15 is 0 Å². The first-order valence-electron chi connectivity index (χ1n) is 5.14. The van der Waals surface area contributed by atoms with Crippen molar-refractivity contribution in [3.8, 4) is 12.1 Å². The van der Waals surface area contributed by atoms with Gasteiger partial charge in [-0.1, -0.05) is 0 Å². The van der Waals surface area contributed by atoms with Crippen molar-refractivity contribution in [2.24, 2.45) is 5.84 Å². The first-order valence-corrected chi connectivity index (χ1v) is 5.14. The van der Waals surface area contributed by atoms with E-state index in [1.807, 2.05) is 17.6 Å². The number of nitrogen functional groups attached to an aromatic ring is 1. The van der Waals surface area contributed by atoms with Gasteiger partial charge in [0.1, 0.15) is 17.9 Å². The number of rotatable bonds is 3. The zero-order valence-corrected chi connectivity index (χ0v) is 9.62. The molecule has 1 amide bonds. The summed E-state index contributed by atoms with van der Waals surface area (Å²) in [7, 11) is 0. The molecule has 0 atom stereocenters. The Labute approximate surface area is 107 Å². The standard InChI is InChI=1S/C11H8N6O2/c12-3-8-9(4-13)17(6-15-8)5-10-7(1-2-19-10)11(18)16-14/h1-2,6H,5,14H2,(H,16,18). The number of carbonyl (C=O) groups is 1. The van der Waals surface area contributed by atoms with Crippen molar-refractivity contribution in [3.63, 3.8) is 0 Å². The predicted molar refractivity (Wildman–Crippen MR) is 61.1 cm³/mol. The number of hydrogen-bond donors (Lipinski definition) is 2. The number of hydrogen-bond acceptors (Lipinski definition) is 6. The Morgan fingerprint density at radius 3 is 2.95 bits per heavy atom. The van der Waals surface area contributed by atoms with E-state index < -0.39 is 5.91 Å². The summed E-state index contributed by atoms with van der Waals surface area (Å²) in [5.41, 5.74) is 2.40. The van der Waals surface area contributed by atoms with Gasteiger partial charge in [0.2, 0.25) is 0 Å². The van der Waals surface area contributed by atoms with Crippen molar-refractivity contribution >= 4 is 5.91 Å². The molecular formula is C11H8N6O2.